The smallest absolute Gasteiger partial charge is 0.236 e. The number of thiophene rings is 1. The number of carbonyl (C=O) groups excluding carboxylic acids is 1. The van der Waals surface area contributed by atoms with Gasteiger partial charge < -0.3 is 15.4 Å². The second-order valence-corrected chi connectivity index (χ2v) is 5.62. The van der Waals surface area contributed by atoms with Gasteiger partial charge in [0.2, 0.25) is 5.91 Å². The van der Waals surface area contributed by atoms with Crippen LogP contribution in [0.1, 0.15) is 23.1 Å². The van der Waals surface area contributed by atoms with Crippen molar-refractivity contribution in [1.29, 1.82) is 0 Å². The predicted octanol–water partition coefficient (Wildman–Crippen LogP) is 1.69. The molecule has 1 unspecified atom stereocenters. The van der Waals surface area contributed by atoms with Crippen molar-refractivity contribution in [3.05, 3.63) is 21.9 Å². The van der Waals surface area contributed by atoms with Gasteiger partial charge in [0.05, 0.1) is 6.04 Å². The van der Waals surface area contributed by atoms with Crippen LogP contribution in [0.5, 0.6) is 0 Å². The minimum Gasteiger partial charge on any atom is -0.385 e. The molecule has 0 aliphatic heterocycles. The number of carbonyl (C=O) groups is 1. The fourth-order valence-corrected chi connectivity index (χ4v) is 2.35. The summed E-state index contributed by atoms with van der Waals surface area (Å²) in [5.74, 6) is 0.0411. The van der Waals surface area contributed by atoms with Gasteiger partial charge in [0.15, 0.2) is 0 Å². The average Bonchev–Trinajstić information content (AvgIpc) is 2.77. The zero-order valence-electron chi connectivity index (χ0n) is 11.3. The molecule has 0 radical (unpaired) electrons. The van der Waals surface area contributed by atoms with E-state index in [0.717, 1.165) is 13.0 Å². The summed E-state index contributed by atoms with van der Waals surface area (Å²) >= 11 is 1.76. The van der Waals surface area contributed by atoms with Crippen LogP contribution in [0, 0.1) is 6.92 Å². The Bertz CT molecular complexity index is 366. The summed E-state index contributed by atoms with van der Waals surface area (Å²) in [5, 5.41) is 6.10. The Morgan fingerprint density at radius 1 is 1.50 bits per heavy atom. The maximum Gasteiger partial charge on any atom is 0.236 e. The van der Waals surface area contributed by atoms with E-state index < -0.39 is 0 Å². The van der Waals surface area contributed by atoms with Gasteiger partial charge in [-0.1, -0.05) is 0 Å². The summed E-state index contributed by atoms with van der Waals surface area (Å²) in [7, 11) is 1.66. The van der Waals surface area contributed by atoms with Gasteiger partial charge in [-0.2, -0.15) is 0 Å². The monoisotopic (exact) mass is 270 g/mol. The Hall–Kier alpha value is -0.910. The van der Waals surface area contributed by atoms with Crippen LogP contribution >= 0.6 is 11.3 Å². The minimum atomic E-state index is -0.171. The molecular formula is C13H22N2O2S. The molecule has 5 heteroatoms. The third kappa shape index (κ3) is 5.62. The molecule has 0 aromatic carbocycles. The van der Waals surface area contributed by atoms with Crippen molar-refractivity contribution in [3.8, 4) is 0 Å². The Labute approximate surface area is 113 Å². The van der Waals surface area contributed by atoms with Crippen LogP contribution in [0.15, 0.2) is 12.1 Å². The van der Waals surface area contributed by atoms with Gasteiger partial charge in [-0.15, -0.1) is 11.3 Å². The van der Waals surface area contributed by atoms with Crippen molar-refractivity contribution in [3.63, 3.8) is 0 Å². The lowest BCUT2D eigenvalue weighted by atomic mass is 10.3. The van der Waals surface area contributed by atoms with Gasteiger partial charge in [-0.25, -0.2) is 0 Å². The lowest BCUT2D eigenvalue weighted by Crippen LogP contribution is -2.42. The number of hydrogen-bond donors (Lipinski definition) is 2. The number of nitrogens with one attached hydrogen (secondary N) is 2. The van der Waals surface area contributed by atoms with Crippen LogP contribution in [0.2, 0.25) is 0 Å². The Morgan fingerprint density at radius 2 is 2.28 bits per heavy atom. The first-order valence-corrected chi connectivity index (χ1v) is 7.00. The van der Waals surface area contributed by atoms with E-state index >= 15 is 0 Å². The third-order valence-electron chi connectivity index (χ3n) is 2.60. The van der Waals surface area contributed by atoms with Crippen LogP contribution in [-0.2, 0) is 16.1 Å². The molecule has 0 fully saturated rings. The molecule has 1 aromatic heterocycles. The number of rotatable bonds is 8. The summed E-state index contributed by atoms with van der Waals surface area (Å²) in [6, 6.07) is 4.02. The van der Waals surface area contributed by atoms with Crippen LogP contribution in [0.25, 0.3) is 0 Å². The van der Waals surface area contributed by atoms with E-state index in [2.05, 4.69) is 29.7 Å². The van der Waals surface area contributed by atoms with Crippen molar-refractivity contribution >= 4 is 17.2 Å². The highest BCUT2D eigenvalue weighted by atomic mass is 32.1. The predicted molar refractivity (Wildman–Crippen MR) is 74.9 cm³/mol. The molecule has 0 aliphatic carbocycles. The number of methoxy groups -OCH3 is 1. The highest BCUT2D eigenvalue weighted by molar-refractivity contribution is 7.11. The quantitative estimate of drug-likeness (QED) is 0.707. The first-order chi connectivity index (χ1) is 8.63. The molecule has 18 heavy (non-hydrogen) atoms. The fourth-order valence-electron chi connectivity index (χ4n) is 1.51. The molecule has 1 aromatic rings. The van der Waals surface area contributed by atoms with E-state index in [0.29, 0.717) is 13.2 Å². The molecule has 0 saturated heterocycles. The van der Waals surface area contributed by atoms with Crippen molar-refractivity contribution in [2.75, 3.05) is 20.3 Å². The fraction of sp³-hybridized carbons (Fsp3) is 0.615. The zero-order valence-corrected chi connectivity index (χ0v) is 12.1. The lowest BCUT2D eigenvalue weighted by Gasteiger charge is -2.13. The zero-order chi connectivity index (χ0) is 13.4. The summed E-state index contributed by atoms with van der Waals surface area (Å²) in [6.45, 7) is 6.05. The summed E-state index contributed by atoms with van der Waals surface area (Å²) < 4.78 is 4.93. The van der Waals surface area contributed by atoms with Gasteiger partial charge >= 0.3 is 0 Å². The Kier molecular flexibility index (Phi) is 6.93. The minimum absolute atomic E-state index is 0.0411. The van der Waals surface area contributed by atoms with Crippen LogP contribution in [0.3, 0.4) is 0 Å². The van der Waals surface area contributed by atoms with E-state index in [1.54, 1.807) is 18.4 Å². The van der Waals surface area contributed by atoms with Crippen LogP contribution in [-0.4, -0.2) is 32.2 Å². The second-order valence-electron chi connectivity index (χ2n) is 4.25. The molecule has 2 N–H and O–H groups in total. The van der Waals surface area contributed by atoms with E-state index in [9.17, 15) is 4.79 Å². The van der Waals surface area contributed by atoms with Gasteiger partial charge in [-0.05, 0) is 32.4 Å². The van der Waals surface area contributed by atoms with Crippen LogP contribution < -0.4 is 10.6 Å². The van der Waals surface area contributed by atoms with Gasteiger partial charge in [0, 0.05) is 36.6 Å². The standard InChI is InChI=1S/C13H22N2O2S/c1-10-5-6-12(18-10)9-15-11(2)13(16)14-7-4-8-17-3/h5-6,11,15H,4,7-9H2,1-3H3,(H,14,16). The Balaban J connectivity index is 2.19. The molecule has 0 saturated carbocycles. The van der Waals surface area contributed by atoms with E-state index in [4.69, 9.17) is 4.74 Å². The first kappa shape index (κ1) is 15.1. The first-order valence-electron chi connectivity index (χ1n) is 6.19. The highest BCUT2D eigenvalue weighted by Crippen LogP contribution is 2.14. The molecule has 0 aliphatic rings. The summed E-state index contributed by atoms with van der Waals surface area (Å²) in [4.78, 5) is 14.3. The van der Waals surface area contributed by atoms with E-state index in [-0.39, 0.29) is 11.9 Å². The molecular weight excluding hydrogens is 248 g/mol. The maximum absolute atomic E-state index is 11.7. The maximum atomic E-state index is 11.7. The third-order valence-corrected chi connectivity index (χ3v) is 3.60. The molecule has 1 rings (SSSR count). The normalized spacial score (nSPS) is 12.4. The van der Waals surface area contributed by atoms with E-state index in [1.807, 2.05) is 6.92 Å². The van der Waals surface area contributed by atoms with Crippen molar-refractivity contribution < 1.29 is 9.53 Å². The molecule has 1 heterocycles. The second kappa shape index (κ2) is 8.24. The molecule has 4 nitrogen and oxygen atoms in total. The molecule has 0 bridgehead atoms. The summed E-state index contributed by atoms with van der Waals surface area (Å²) in [5.41, 5.74) is 0. The van der Waals surface area contributed by atoms with Crippen LogP contribution in [0.4, 0.5) is 0 Å². The Morgan fingerprint density at radius 3 is 2.89 bits per heavy atom. The molecule has 0 spiro atoms. The van der Waals surface area contributed by atoms with Crippen molar-refractivity contribution in [2.24, 2.45) is 0 Å². The van der Waals surface area contributed by atoms with Gasteiger partial charge in [0.25, 0.3) is 0 Å². The highest BCUT2D eigenvalue weighted by Gasteiger charge is 2.11. The van der Waals surface area contributed by atoms with E-state index in [1.165, 1.54) is 9.75 Å². The number of ether oxygens (including phenoxy) is 1. The van der Waals surface area contributed by atoms with Crippen molar-refractivity contribution in [2.45, 2.75) is 32.9 Å². The molecule has 1 atom stereocenters. The number of amides is 1. The largest absolute Gasteiger partial charge is 0.385 e. The van der Waals surface area contributed by atoms with Crippen molar-refractivity contribution in [1.82, 2.24) is 10.6 Å². The number of hydrogen-bond acceptors (Lipinski definition) is 4. The number of aryl methyl sites for hydroxylation is 1. The topological polar surface area (TPSA) is 50.4 Å². The molecule has 102 valence electrons. The van der Waals surface area contributed by atoms with Gasteiger partial charge in [-0.3, -0.25) is 4.79 Å². The average molecular weight is 270 g/mol. The SMILES string of the molecule is COCCCNC(=O)C(C)NCc1ccc(C)s1. The van der Waals surface area contributed by atoms with Gasteiger partial charge in [0.1, 0.15) is 0 Å². The molecule has 1 amide bonds. The lowest BCUT2D eigenvalue weighted by molar-refractivity contribution is -0.122. The summed E-state index contributed by atoms with van der Waals surface area (Å²) in [6.07, 6.45) is 0.846.